The van der Waals surface area contributed by atoms with Gasteiger partial charge in [-0.05, 0) is 11.4 Å². The van der Waals surface area contributed by atoms with Gasteiger partial charge in [-0.1, -0.05) is 11.6 Å². The monoisotopic (exact) mass is 231 g/mol. The molecule has 3 nitrogen and oxygen atoms in total. The zero-order chi connectivity index (χ0) is 9.97. The van der Waals surface area contributed by atoms with Gasteiger partial charge in [0.1, 0.15) is 0 Å². The Labute approximate surface area is 91.0 Å². The molecule has 5 heteroatoms. The molecule has 0 amide bonds. The first kappa shape index (κ1) is 10.1. The predicted molar refractivity (Wildman–Crippen MR) is 56.3 cm³/mol. The van der Waals surface area contributed by atoms with Crippen LogP contribution in [-0.2, 0) is 4.74 Å². The molecule has 76 valence electrons. The molecule has 1 aromatic heterocycles. The molecule has 0 saturated carbocycles. The molecule has 2 heterocycles. The second-order valence-electron chi connectivity index (χ2n) is 3.04. The third kappa shape index (κ3) is 1.98. The van der Waals surface area contributed by atoms with Crippen LogP contribution in [0.4, 0.5) is 0 Å². The fraction of sp³-hybridized carbons (Fsp3) is 0.444. The first-order valence-corrected chi connectivity index (χ1v) is 5.63. The second kappa shape index (κ2) is 4.40. The standard InChI is InChI=1S/C9H10ClNO2S/c10-6-1-4-14-9(6)8(12)7-5-13-3-2-11-7/h1,4,7,11H,2-3,5H2. The Morgan fingerprint density at radius 3 is 3.14 bits per heavy atom. The van der Waals surface area contributed by atoms with E-state index in [1.807, 2.05) is 5.38 Å². The topological polar surface area (TPSA) is 38.3 Å². The van der Waals surface area contributed by atoms with Crippen molar-refractivity contribution in [1.29, 1.82) is 0 Å². The van der Waals surface area contributed by atoms with Crippen LogP contribution in [0, 0.1) is 0 Å². The van der Waals surface area contributed by atoms with Crippen molar-refractivity contribution in [2.24, 2.45) is 0 Å². The lowest BCUT2D eigenvalue weighted by Gasteiger charge is -2.22. The molecule has 0 aliphatic carbocycles. The summed E-state index contributed by atoms with van der Waals surface area (Å²) in [5, 5.41) is 5.46. The highest BCUT2D eigenvalue weighted by molar-refractivity contribution is 7.12. The van der Waals surface area contributed by atoms with Crippen LogP contribution >= 0.6 is 22.9 Å². The van der Waals surface area contributed by atoms with Crippen molar-refractivity contribution in [1.82, 2.24) is 5.32 Å². The van der Waals surface area contributed by atoms with E-state index in [4.69, 9.17) is 16.3 Å². The van der Waals surface area contributed by atoms with Crippen molar-refractivity contribution in [3.63, 3.8) is 0 Å². The van der Waals surface area contributed by atoms with Crippen LogP contribution in [0.1, 0.15) is 9.67 Å². The van der Waals surface area contributed by atoms with E-state index in [2.05, 4.69) is 5.32 Å². The van der Waals surface area contributed by atoms with Crippen molar-refractivity contribution in [3.05, 3.63) is 21.3 Å². The molecular weight excluding hydrogens is 222 g/mol. The van der Waals surface area contributed by atoms with E-state index in [0.717, 1.165) is 6.54 Å². The molecule has 1 atom stereocenters. The van der Waals surface area contributed by atoms with Crippen LogP contribution in [0.15, 0.2) is 11.4 Å². The van der Waals surface area contributed by atoms with Gasteiger partial charge in [-0.3, -0.25) is 4.79 Å². The number of carbonyl (C=O) groups is 1. The van der Waals surface area contributed by atoms with Crippen LogP contribution in [-0.4, -0.2) is 31.6 Å². The predicted octanol–water partition coefficient (Wildman–Crippen LogP) is 1.57. The highest BCUT2D eigenvalue weighted by atomic mass is 35.5. The Hall–Kier alpha value is -0.420. The minimum Gasteiger partial charge on any atom is -0.378 e. The molecule has 1 aromatic rings. The number of morpholine rings is 1. The Morgan fingerprint density at radius 2 is 2.57 bits per heavy atom. The molecule has 14 heavy (non-hydrogen) atoms. The van der Waals surface area contributed by atoms with E-state index < -0.39 is 0 Å². The number of Topliss-reactive ketones (excluding diaryl/α,β-unsaturated/α-hetero) is 1. The summed E-state index contributed by atoms with van der Waals surface area (Å²) in [6.45, 7) is 1.83. The van der Waals surface area contributed by atoms with E-state index in [-0.39, 0.29) is 11.8 Å². The summed E-state index contributed by atoms with van der Waals surface area (Å²) >= 11 is 7.25. The average Bonchev–Trinajstić information content (AvgIpc) is 2.65. The Balaban J connectivity index is 2.11. The van der Waals surface area contributed by atoms with Gasteiger partial charge in [0.2, 0.25) is 0 Å². The van der Waals surface area contributed by atoms with Crippen LogP contribution in [0.3, 0.4) is 0 Å². The van der Waals surface area contributed by atoms with Crippen molar-refractivity contribution in [2.75, 3.05) is 19.8 Å². The molecule has 0 radical (unpaired) electrons. The van der Waals surface area contributed by atoms with Gasteiger partial charge in [0.15, 0.2) is 5.78 Å². The number of halogens is 1. The summed E-state index contributed by atoms with van der Waals surface area (Å²) in [6.07, 6.45) is 0. The SMILES string of the molecule is O=C(c1sccc1Cl)C1COCCN1. The molecule has 1 N–H and O–H groups in total. The number of hydrogen-bond donors (Lipinski definition) is 1. The summed E-state index contributed by atoms with van der Waals surface area (Å²) in [7, 11) is 0. The lowest BCUT2D eigenvalue weighted by atomic mass is 10.1. The van der Waals surface area contributed by atoms with Crippen LogP contribution in [0.25, 0.3) is 0 Å². The summed E-state index contributed by atoms with van der Waals surface area (Å²) in [6, 6.07) is 1.50. The van der Waals surface area contributed by atoms with E-state index in [9.17, 15) is 4.79 Å². The molecule has 1 aliphatic rings. The summed E-state index contributed by atoms with van der Waals surface area (Å²) in [4.78, 5) is 12.5. The lowest BCUT2D eigenvalue weighted by molar-refractivity contribution is 0.0610. The van der Waals surface area contributed by atoms with Crippen molar-refractivity contribution in [3.8, 4) is 0 Å². The smallest absolute Gasteiger partial charge is 0.193 e. The van der Waals surface area contributed by atoms with Gasteiger partial charge in [0.05, 0.1) is 29.2 Å². The molecule has 0 bridgehead atoms. The maximum absolute atomic E-state index is 11.9. The summed E-state index contributed by atoms with van der Waals surface area (Å²) < 4.78 is 5.22. The van der Waals surface area contributed by atoms with E-state index in [0.29, 0.717) is 23.1 Å². The minimum atomic E-state index is -0.236. The molecule has 1 unspecified atom stereocenters. The third-order valence-corrected chi connectivity index (χ3v) is 3.44. The number of ether oxygens (including phenoxy) is 1. The summed E-state index contributed by atoms with van der Waals surface area (Å²) in [5.74, 6) is 0.0321. The van der Waals surface area contributed by atoms with Gasteiger partial charge >= 0.3 is 0 Å². The van der Waals surface area contributed by atoms with Gasteiger partial charge in [0, 0.05) is 6.54 Å². The Kier molecular flexibility index (Phi) is 3.18. The molecule has 2 rings (SSSR count). The maximum Gasteiger partial charge on any atom is 0.193 e. The number of thiophene rings is 1. The normalized spacial score (nSPS) is 22.2. The second-order valence-corrected chi connectivity index (χ2v) is 4.37. The quantitative estimate of drug-likeness (QED) is 0.786. The average molecular weight is 232 g/mol. The lowest BCUT2D eigenvalue weighted by Crippen LogP contribution is -2.46. The number of carbonyl (C=O) groups excluding carboxylic acids is 1. The van der Waals surface area contributed by atoms with E-state index in [1.54, 1.807) is 6.07 Å². The first-order chi connectivity index (χ1) is 6.79. The molecule has 0 aromatic carbocycles. The Bertz CT molecular complexity index is 333. The molecule has 0 spiro atoms. The zero-order valence-corrected chi connectivity index (χ0v) is 9.03. The number of ketones is 1. The molecule has 1 fully saturated rings. The van der Waals surface area contributed by atoms with Crippen molar-refractivity contribution < 1.29 is 9.53 Å². The zero-order valence-electron chi connectivity index (χ0n) is 7.46. The Morgan fingerprint density at radius 1 is 1.71 bits per heavy atom. The number of nitrogens with one attached hydrogen (secondary N) is 1. The fourth-order valence-electron chi connectivity index (χ4n) is 1.36. The van der Waals surface area contributed by atoms with Gasteiger partial charge < -0.3 is 10.1 Å². The molecule has 1 aliphatic heterocycles. The van der Waals surface area contributed by atoms with Crippen LogP contribution < -0.4 is 5.32 Å². The molecular formula is C9H10ClNO2S. The van der Waals surface area contributed by atoms with Crippen molar-refractivity contribution in [2.45, 2.75) is 6.04 Å². The van der Waals surface area contributed by atoms with E-state index in [1.165, 1.54) is 11.3 Å². The number of rotatable bonds is 2. The fourth-order valence-corrected chi connectivity index (χ4v) is 2.51. The molecule has 1 saturated heterocycles. The maximum atomic E-state index is 11.9. The van der Waals surface area contributed by atoms with Gasteiger partial charge in [-0.25, -0.2) is 0 Å². The van der Waals surface area contributed by atoms with Crippen LogP contribution in [0.5, 0.6) is 0 Å². The van der Waals surface area contributed by atoms with Crippen LogP contribution in [0.2, 0.25) is 5.02 Å². The van der Waals surface area contributed by atoms with Gasteiger partial charge in [-0.15, -0.1) is 11.3 Å². The third-order valence-electron chi connectivity index (χ3n) is 2.08. The van der Waals surface area contributed by atoms with E-state index >= 15 is 0 Å². The highest BCUT2D eigenvalue weighted by Crippen LogP contribution is 2.23. The van der Waals surface area contributed by atoms with Gasteiger partial charge in [0.25, 0.3) is 0 Å². The largest absolute Gasteiger partial charge is 0.378 e. The van der Waals surface area contributed by atoms with Crippen molar-refractivity contribution >= 4 is 28.7 Å². The first-order valence-electron chi connectivity index (χ1n) is 4.37. The minimum absolute atomic E-state index is 0.0321. The summed E-state index contributed by atoms with van der Waals surface area (Å²) in [5.41, 5.74) is 0. The highest BCUT2D eigenvalue weighted by Gasteiger charge is 2.24. The van der Waals surface area contributed by atoms with Gasteiger partial charge in [-0.2, -0.15) is 0 Å². The number of hydrogen-bond acceptors (Lipinski definition) is 4.